The highest BCUT2D eigenvalue weighted by molar-refractivity contribution is 5.18. The van der Waals surface area contributed by atoms with Gasteiger partial charge in [0.15, 0.2) is 0 Å². The average molecular weight is 234 g/mol. The molecule has 1 fully saturated rings. The van der Waals surface area contributed by atoms with Gasteiger partial charge in [-0.15, -0.1) is 0 Å². The highest BCUT2D eigenvalue weighted by atomic mass is 16.3. The summed E-state index contributed by atoms with van der Waals surface area (Å²) >= 11 is 0. The molecule has 1 aliphatic carbocycles. The molecular formula is C14H22N2O. The lowest BCUT2D eigenvalue weighted by molar-refractivity contribution is 0.185. The lowest BCUT2D eigenvalue weighted by atomic mass is 10.0. The third-order valence-electron chi connectivity index (χ3n) is 3.41. The Balaban J connectivity index is 1.80. The normalized spacial score (nSPS) is 17.4. The molecule has 1 unspecified atom stereocenters. The Morgan fingerprint density at radius 3 is 2.53 bits per heavy atom. The topological polar surface area (TPSA) is 49.5 Å². The second-order valence-corrected chi connectivity index (χ2v) is 4.80. The van der Waals surface area contributed by atoms with Crippen LogP contribution < -0.4 is 5.73 Å². The third-order valence-corrected chi connectivity index (χ3v) is 3.41. The predicted octanol–water partition coefficient (Wildman–Crippen LogP) is 1.53. The summed E-state index contributed by atoms with van der Waals surface area (Å²) in [5.41, 5.74) is 7.37. The minimum absolute atomic E-state index is 0.108. The first-order valence-electron chi connectivity index (χ1n) is 6.46. The molecule has 1 aliphatic rings. The molecule has 0 bridgehead atoms. The van der Waals surface area contributed by atoms with Crippen molar-refractivity contribution in [3.8, 4) is 0 Å². The van der Waals surface area contributed by atoms with Crippen LogP contribution in [0, 0.1) is 0 Å². The third kappa shape index (κ3) is 3.80. The summed E-state index contributed by atoms with van der Waals surface area (Å²) in [7, 11) is 0. The van der Waals surface area contributed by atoms with Crippen molar-refractivity contribution in [2.24, 2.45) is 5.73 Å². The summed E-state index contributed by atoms with van der Waals surface area (Å²) in [6.07, 6.45) is 3.52. The van der Waals surface area contributed by atoms with Crippen molar-refractivity contribution < 1.29 is 5.11 Å². The molecule has 3 nitrogen and oxygen atoms in total. The first kappa shape index (κ1) is 12.6. The summed E-state index contributed by atoms with van der Waals surface area (Å²) in [4.78, 5) is 2.36. The zero-order valence-corrected chi connectivity index (χ0v) is 10.3. The van der Waals surface area contributed by atoms with Gasteiger partial charge in [-0.2, -0.15) is 0 Å². The zero-order valence-electron chi connectivity index (χ0n) is 10.3. The molecule has 0 spiro atoms. The quantitative estimate of drug-likeness (QED) is 0.752. The molecule has 0 aromatic heterocycles. The van der Waals surface area contributed by atoms with E-state index in [2.05, 4.69) is 17.0 Å². The van der Waals surface area contributed by atoms with Crippen molar-refractivity contribution in [1.29, 1.82) is 0 Å². The molecule has 1 aromatic rings. The van der Waals surface area contributed by atoms with E-state index >= 15 is 0 Å². The second-order valence-electron chi connectivity index (χ2n) is 4.80. The number of hydrogen-bond donors (Lipinski definition) is 2. The van der Waals surface area contributed by atoms with Gasteiger partial charge < -0.3 is 10.8 Å². The standard InChI is InChI=1S/C14H22N2O/c15-14(12-4-2-1-3-5-12)8-9-16(10-11-17)13-6-7-13/h1-5,13-14,17H,6-11,15H2. The Kier molecular flexibility index (Phi) is 4.54. The van der Waals surface area contributed by atoms with E-state index in [1.165, 1.54) is 18.4 Å². The number of aliphatic hydroxyl groups is 1. The highest BCUT2D eigenvalue weighted by Crippen LogP contribution is 2.27. The summed E-state index contributed by atoms with van der Waals surface area (Å²) in [5.74, 6) is 0. The van der Waals surface area contributed by atoms with Crippen LogP contribution in [0.15, 0.2) is 30.3 Å². The number of nitrogens with zero attached hydrogens (tertiary/aromatic N) is 1. The first-order chi connectivity index (χ1) is 8.31. The zero-order chi connectivity index (χ0) is 12.1. The average Bonchev–Trinajstić information content (AvgIpc) is 3.19. The molecule has 1 aromatic carbocycles. The van der Waals surface area contributed by atoms with Crippen LogP contribution in [0.2, 0.25) is 0 Å². The molecule has 17 heavy (non-hydrogen) atoms. The number of benzene rings is 1. The Morgan fingerprint density at radius 1 is 1.24 bits per heavy atom. The van der Waals surface area contributed by atoms with E-state index in [1.807, 2.05) is 18.2 Å². The smallest absolute Gasteiger partial charge is 0.0558 e. The van der Waals surface area contributed by atoms with Gasteiger partial charge in [-0.25, -0.2) is 0 Å². The van der Waals surface area contributed by atoms with E-state index in [0.717, 1.165) is 19.5 Å². The van der Waals surface area contributed by atoms with E-state index in [-0.39, 0.29) is 12.6 Å². The van der Waals surface area contributed by atoms with E-state index in [1.54, 1.807) is 0 Å². The molecule has 0 heterocycles. The summed E-state index contributed by atoms with van der Waals surface area (Å²) < 4.78 is 0. The number of nitrogens with two attached hydrogens (primary N) is 1. The number of aliphatic hydroxyl groups excluding tert-OH is 1. The minimum atomic E-state index is 0.108. The fraction of sp³-hybridized carbons (Fsp3) is 0.571. The van der Waals surface area contributed by atoms with Gasteiger partial charge in [0.25, 0.3) is 0 Å². The van der Waals surface area contributed by atoms with Gasteiger partial charge in [0, 0.05) is 25.2 Å². The molecular weight excluding hydrogens is 212 g/mol. The molecule has 0 amide bonds. The molecule has 2 rings (SSSR count). The van der Waals surface area contributed by atoms with Crippen LogP contribution in [0.25, 0.3) is 0 Å². The van der Waals surface area contributed by atoms with Gasteiger partial charge >= 0.3 is 0 Å². The van der Waals surface area contributed by atoms with Gasteiger partial charge in [0.05, 0.1) is 6.61 Å². The van der Waals surface area contributed by atoms with Gasteiger partial charge in [0.1, 0.15) is 0 Å². The van der Waals surface area contributed by atoms with Crippen LogP contribution >= 0.6 is 0 Å². The highest BCUT2D eigenvalue weighted by Gasteiger charge is 2.28. The van der Waals surface area contributed by atoms with Crippen LogP contribution in [0.1, 0.15) is 30.9 Å². The Labute approximate surface area is 103 Å². The van der Waals surface area contributed by atoms with E-state index < -0.39 is 0 Å². The Bertz CT molecular complexity index is 324. The van der Waals surface area contributed by atoms with Gasteiger partial charge in [-0.3, -0.25) is 4.90 Å². The first-order valence-corrected chi connectivity index (χ1v) is 6.46. The largest absolute Gasteiger partial charge is 0.395 e. The lowest BCUT2D eigenvalue weighted by Gasteiger charge is -2.22. The fourth-order valence-electron chi connectivity index (χ4n) is 2.22. The van der Waals surface area contributed by atoms with Crippen molar-refractivity contribution in [3.05, 3.63) is 35.9 Å². The molecule has 0 radical (unpaired) electrons. The number of hydrogen-bond acceptors (Lipinski definition) is 3. The van der Waals surface area contributed by atoms with Gasteiger partial charge in [-0.1, -0.05) is 30.3 Å². The van der Waals surface area contributed by atoms with Crippen LogP contribution in [0.4, 0.5) is 0 Å². The van der Waals surface area contributed by atoms with Crippen molar-refractivity contribution in [3.63, 3.8) is 0 Å². The summed E-state index contributed by atoms with van der Waals surface area (Å²) in [6, 6.07) is 11.0. The van der Waals surface area contributed by atoms with E-state index in [9.17, 15) is 0 Å². The monoisotopic (exact) mass is 234 g/mol. The lowest BCUT2D eigenvalue weighted by Crippen LogP contribution is -2.32. The molecule has 3 N–H and O–H groups in total. The van der Waals surface area contributed by atoms with Crippen LogP contribution in [0.5, 0.6) is 0 Å². The van der Waals surface area contributed by atoms with E-state index in [0.29, 0.717) is 6.04 Å². The molecule has 3 heteroatoms. The molecule has 0 saturated heterocycles. The molecule has 1 atom stereocenters. The fourth-order valence-corrected chi connectivity index (χ4v) is 2.22. The van der Waals surface area contributed by atoms with Gasteiger partial charge in [-0.05, 0) is 24.8 Å². The predicted molar refractivity (Wildman–Crippen MR) is 69.7 cm³/mol. The van der Waals surface area contributed by atoms with Crippen molar-refractivity contribution in [1.82, 2.24) is 4.90 Å². The summed E-state index contributed by atoms with van der Waals surface area (Å²) in [5, 5.41) is 9.02. The minimum Gasteiger partial charge on any atom is -0.395 e. The molecule has 1 saturated carbocycles. The van der Waals surface area contributed by atoms with Crippen molar-refractivity contribution >= 4 is 0 Å². The molecule has 94 valence electrons. The Hall–Kier alpha value is -0.900. The van der Waals surface area contributed by atoms with Crippen LogP contribution in [-0.2, 0) is 0 Å². The maximum absolute atomic E-state index is 9.02. The van der Waals surface area contributed by atoms with Gasteiger partial charge in [0.2, 0.25) is 0 Å². The van der Waals surface area contributed by atoms with Crippen LogP contribution in [0.3, 0.4) is 0 Å². The van der Waals surface area contributed by atoms with E-state index in [4.69, 9.17) is 10.8 Å². The number of rotatable bonds is 7. The van der Waals surface area contributed by atoms with Crippen molar-refractivity contribution in [2.75, 3.05) is 19.7 Å². The van der Waals surface area contributed by atoms with Crippen LogP contribution in [-0.4, -0.2) is 35.7 Å². The SMILES string of the molecule is NC(CCN(CCO)C1CC1)c1ccccc1. The van der Waals surface area contributed by atoms with Crippen molar-refractivity contribution in [2.45, 2.75) is 31.3 Å². The molecule has 0 aliphatic heterocycles. The second kappa shape index (κ2) is 6.15. The maximum atomic E-state index is 9.02. The Morgan fingerprint density at radius 2 is 1.94 bits per heavy atom. The summed E-state index contributed by atoms with van der Waals surface area (Å²) in [6.45, 7) is 2.02. The maximum Gasteiger partial charge on any atom is 0.0558 e.